The molecule has 22 heavy (non-hydrogen) atoms. The van der Waals surface area contributed by atoms with Gasteiger partial charge in [-0.2, -0.15) is 0 Å². The molecule has 0 aromatic heterocycles. The highest BCUT2D eigenvalue weighted by Gasteiger charge is 2.47. The molecule has 2 aliphatic carbocycles. The molecule has 0 spiro atoms. The summed E-state index contributed by atoms with van der Waals surface area (Å²) in [6.07, 6.45) is 3.28. The van der Waals surface area contributed by atoms with Crippen LogP contribution in [0.1, 0.15) is 50.5 Å². The molecule has 2 nitrogen and oxygen atoms in total. The standard InChI is InChI=1S/C17H22F3NO/c18-17(19,20)22-13-8-6-12(7-9-13)16(10-3-11-16)14-4-1-2-5-15(14)21/h6-9,14-15H,1-5,10-11,21H2. The van der Waals surface area contributed by atoms with E-state index in [-0.39, 0.29) is 17.2 Å². The van der Waals surface area contributed by atoms with E-state index in [1.807, 2.05) is 0 Å². The molecular weight excluding hydrogens is 291 g/mol. The maximum atomic E-state index is 12.3. The highest BCUT2D eigenvalue weighted by atomic mass is 19.4. The van der Waals surface area contributed by atoms with Crippen molar-refractivity contribution in [2.75, 3.05) is 0 Å². The van der Waals surface area contributed by atoms with E-state index in [9.17, 15) is 13.2 Å². The largest absolute Gasteiger partial charge is 0.573 e. The average Bonchev–Trinajstić information content (AvgIpc) is 2.40. The van der Waals surface area contributed by atoms with Crippen molar-refractivity contribution in [1.82, 2.24) is 0 Å². The van der Waals surface area contributed by atoms with Crippen molar-refractivity contribution in [3.05, 3.63) is 29.8 Å². The summed E-state index contributed by atoms with van der Waals surface area (Å²) >= 11 is 0. The molecule has 2 atom stereocenters. The zero-order valence-corrected chi connectivity index (χ0v) is 12.5. The zero-order valence-electron chi connectivity index (χ0n) is 12.5. The monoisotopic (exact) mass is 313 g/mol. The van der Waals surface area contributed by atoms with Gasteiger partial charge in [-0.25, -0.2) is 0 Å². The minimum Gasteiger partial charge on any atom is -0.406 e. The van der Waals surface area contributed by atoms with Crippen molar-refractivity contribution in [3.63, 3.8) is 0 Å². The number of ether oxygens (including phenoxy) is 1. The van der Waals surface area contributed by atoms with Gasteiger partial charge in [0.05, 0.1) is 0 Å². The molecule has 2 N–H and O–H groups in total. The predicted molar refractivity (Wildman–Crippen MR) is 78.6 cm³/mol. The Balaban J connectivity index is 1.81. The third kappa shape index (κ3) is 2.96. The van der Waals surface area contributed by atoms with Crippen LogP contribution in [0.15, 0.2) is 24.3 Å². The second-order valence-electron chi connectivity index (χ2n) is 6.64. The molecule has 2 fully saturated rings. The van der Waals surface area contributed by atoms with Gasteiger partial charge >= 0.3 is 6.36 Å². The van der Waals surface area contributed by atoms with E-state index in [1.54, 1.807) is 12.1 Å². The van der Waals surface area contributed by atoms with E-state index in [0.717, 1.165) is 31.2 Å². The summed E-state index contributed by atoms with van der Waals surface area (Å²) in [6.45, 7) is 0. The smallest absolute Gasteiger partial charge is 0.406 e. The number of benzene rings is 1. The number of rotatable bonds is 3. The first-order valence-corrected chi connectivity index (χ1v) is 8.03. The zero-order chi connectivity index (χ0) is 15.8. The van der Waals surface area contributed by atoms with Crippen molar-refractivity contribution < 1.29 is 17.9 Å². The van der Waals surface area contributed by atoms with Crippen molar-refractivity contribution in [2.24, 2.45) is 11.7 Å². The Bertz CT molecular complexity index is 508. The van der Waals surface area contributed by atoms with E-state index < -0.39 is 6.36 Å². The SMILES string of the molecule is NC1CCCCC1C1(c2ccc(OC(F)(F)F)cc2)CCC1. The number of alkyl halides is 3. The summed E-state index contributed by atoms with van der Waals surface area (Å²) in [4.78, 5) is 0. The lowest BCUT2D eigenvalue weighted by molar-refractivity contribution is -0.274. The maximum absolute atomic E-state index is 12.3. The summed E-state index contributed by atoms with van der Waals surface area (Å²) in [5.74, 6) is 0.294. The molecule has 122 valence electrons. The Hall–Kier alpha value is -1.23. The summed E-state index contributed by atoms with van der Waals surface area (Å²) in [7, 11) is 0. The first kappa shape index (κ1) is 15.7. The lowest BCUT2D eigenvalue weighted by atomic mass is 9.53. The molecule has 0 bridgehead atoms. The second kappa shape index (κ2) is 5.76. The van der Waals surface area contributed by atoms with Crippen molar-refractivity contribution >= 4 is 0 Å². The molecule has 0 heterocycles. The maximum Gasteiger partial charge on any atom is 0.573 e. The van der Waals surface area contributed by atoms with E-state index in [4.69, 9.17) is 5.73 Å². The Morgan fingerprint density at radius 3 is 2.14 bits per heavy atom. The molecule has 0 aliphatic heterocycles. The van der Waals surface area contributed by atoms with Crippen LogP contribution >= 0.6 is 0 Å². The lowest BCUT2D eigenvalue weighted by Crippen LogP contribution is -2.51. The molecule has 2 saturated carbocycles. The fourth-order valence-corrected chi connectivity index (χ4v) is 4.27. The van der Waals surface area contributed by atoms with Crippen molar-refractivity contribution in [3.8, 4) is 5.75 Å². The van der Waals surface area contributed by atoms with Crippen LogP contribution in [0.25, 0.3) is 0 Å². The highest BCUT2D eigenvalue weighted by Crippen LogP contribution is 2.53. The molecule has 1 aromatic rings. The van der Waals surface area contributed by atoms with Crippen molar-refractivity contribution in [1.29, 1.82) is 0 Å². The normalized spacial score (nSPS) is 28.0. The van der Waals surface area contributed by atoms with Crippen LogP contribution in [0.3, 0.4) is 0 Å². The topological polar surface area (TPSA) is 35.2 Å². The molecule has 0 amide bonds. The fourth-order valence-electron chi connectivity index (χ4n) is 4.27. The summed E-state index contributed by atoms with van der Waals surface area (Å²) < 4.78 is 40.7. The Kier molecular flexibility index (Phi) is 4.10. The van der Waals surface area contributed by atoms with E-state index in [0.29, 0.717) is 5.92 Å². The Morgan fingerprint density at radius 2 is 1.64 bits per heavy atom. The minimum atomic E-state index is -4.64. The van der Waals surface area contributed by atoms with Gasteiger partial charge in [-0.15, -0.1) is 13.2 Å². The number of halogens is 3. The number of hydrogen-bond donors (Lipinski definition) is 1. The summed E-state index contributed by atoms with van der Waals surface area (Å²) in [6, 6.07) is 6.65. The Morgan fingerprint density at radius 1 is 1.00 bits per heavy atom. The van der Waals surface area contributed by atoms with Crippen LogP contribution in [0, 0.1) is 5.92 Å². The van der Waals surface area contributed by atoms with Crippen LogP contribution in [0.4, 0.5) is 13.2 Å². The van der Waals surface area contributed by atoms with Gasteiger partial charge in [0.2, 0.25) is 0 Å². The molecular formula is C17H22F3NO. The van der Waals surface area contributed by atoms with Gasteiger partial charge in [-0.05, 0) is 54.7 Å². The molecule has 0 saturated heterocycles. The fraction of sp³-hybridized carbons (Fsp3) is 0.647. The van der Waals surface area contributed by atoms with Gasteiger partial charge in [0.15, 0.2) is 0 Å². The van der Waals surface area contributed by atoms with Gasteiger partial charge in [-0.1, -0.05) is 31.4 Å². The number of hydrogen-bond acceptors (Lipinski definition) is 2. The molecule has 5 heteroatoms. The van der Waals surface area contributed by atoms with Gasteiger partial charge < -0.3 is 10.5 Å². The minimum absolute atomic E-state index is 0.0661. The molecule has 3 rings (SSSR count). The second-order valence-corrected chi connectivity index (χ2v) is 6.64. The summed E-state index contributed by atoms with van der Waals surface area (Å²) in [5.41, 5.74) is 7.54. The van der Waals surface area contributed by atoms with E-state index in [2.05, 4.69) is 4.74 Å². The van der Waals surface area contributed by atoms with Crippen LogP contribution in [0.2, 0.25) is 0 Å². The van der Waals surface area contributed by atoms with Gasteiger partial charge in [-0.3, -0.25) is 0 Å². The first-order chi connectivity index (χ1) is 10.4. The average molecular weight is 313 g/mol. The van der Waals surface area contributed by atoms with Crippen LogP contribution in [-0.4, -0.2) is 12.4 Å². The molecule has 2 aliphatic rings. The van der Waals surface area contributed by atoms with E-state index >= 15 is 0 Å². The van der Waals surface area contributed by atoms with Gasteiger partial charge in [0.1, 0.15) is 5.75 Å². The van der Waals surface area contributed by atoms with Crippen LogP contribution < -0.4 is 10.5 Å². The molecule has 0 radical (unpaired) electrons. The molecule has 2 unspecified atom stereocenters. The highest BCUT2D eigenvalue weighted by molar-refractivity contribution is 5.35. The predicted octanol–water partition coefficient (Wildman–Crippen LogP) is 4.52. The number of nitrogens with two attached hydrogens (primary N) is 1. The third-order valence-corrected chi connectivity index (χ3v) is 5.44. The van der Waals surface area contributed by atoms with Crippen LogP contribution in [-0.2, 0) is 5.41 Å². The van der Waals surface area contributed by atoms with Gasteiger partial charge in [0.25, 0.3) is 0 Å². The van der Waals surface area contributed by atoms with Crippen molar-refractivity contribution in [2.45, 2.75) is 62.8 Å². The Labute approximate surface area is 128 Å². The van der Waals surface area contributed by atoms with Gasteiger partial charge in [0, 0.05) is 6.04 Å². The quantitative estimate of drug-likeness (QED) is 0.890. The lowest BCUT2D eigenvalue weighted by Gasteiger charge is -2.52. The summed E-state index contributed by atoms with van der Waals surface area (Å²) in [5, 5.41) is 0. The molecule has 1 aromatic carbocycles. The van der Waals surface area contributed by atoms with E-state index in [1.165, 1.54) is 31.4 Å². The van der Waals surface area contributed by atoms with Crippen LogP contribution in [0.5, 0.6) is 5.75 Å². The third-order valence-electron chi connectivity index (χ3n) is 5.44. The first-order valence-electron chi connectivity index (χ1n) is 8.03.